The van der Waals surface area contributed by atoms with Crippen molar-refractivity contribution in [3.8, 4) is 0 Å². The normalized spacial score (nSPS) is 17.6. The van der Waals surface area contributed by atoms with Crippen LogP contribution in [0.1, 0.15) is 6.42 Å². The van der Waals surface area contributed by atoms with Crippen molar-refractivity contribution in [3.05, 3.63) is 29.0 Å². The molecule has 1 aliphatic rings. The van der Waals surface area contributed by atoms with E-state index < -0.39 is 0 Å². The highest BCUT2D eigenvalue weighted by molar-refractivity contribution is 6.33. The van der Waals surface area contributed by atoms with E-state index in [1.807, 2.05) is 4.90 Å². The summed E-state index contributed by atoms with van der Waals surface area (Å²) in [6.45, 7) is 3.53. The molecule has 4 heteroatoms. The smallest absolute Gasteiger partial charge is 0.148 e. The Balaban J connectivity index is 2.26. The number of nitrogens with one attached hydrogen (secondary N) is 1. The lowest BCUT2D eigenvalue weighted by Crippen LogP contribution is -2.28. The first kappa shape index (κ1) is 10.7. The molecule has 0 amide bonds. The van der Waals surface area contributed by atoms with E-state index in [0.29, 0.717) is 10.7 Å². The summed E-state index contributed by atoms with van der Waals surface area (Å²) >= 11 is 6.01. The molecule has 1 aromatic carbocycles. The number of hydrogen-bond acceptors (Lipinski definition) is 2. The van der Waals surface area contributed by atoms with Crippen molar-refractivity contribution in [1.82, 2.24) is 5.32 Å². The lowest BCUT2D eigenvalue weighted by Gasteiger charge is -2.23. The summed E-state index contributed by atoms with van der Waals surface area (Å²) in [7, 11) is 0. The van der Waals surface area contributed by atoms with Crippen LogP contribution in [-0.2, 0) is 0 Å². The molecule has 0 atom stereocenters. The lowest BCUT2D eigenvalue weighted by molar-refractivity contribution is 0.618. The monoisotopic (exact) mass is 228 g/mol. The topological polar surface area (TPSA) is 15.3 Å². The van der Waals surface area contributed by atoms with Crippen molar-refractivity contribution < 1.29 is 4.39 Å². The van der Waals surface area contributed by atoms with E-state index in [9.17, 15) is 4.39 Å². The van der Waals surface area contributed by atoms with E-state index >= 15 is 0 Å². The summed E-state index contributed by atoms with van der Waals surface area (Å²) in [5.41, 5.74) is 0.544. The van der Waals surface area contributed by atoms with Gasteiger partial charge in [-0.05, 0) is 25.1 Å². The molecule has 1 aliphatic heterocycles. The van der Waals surface area contributed by atoms with Crippen LogP contribution in [-0.4, -0.2) is 26.2 Å². The van der Waals surface area contributed by atoms with Gasteiger partial charge in [0.1, 0.15) is 5.82 Å². The maximum Gasteiger partial charge on any atom is 0.148 e. The number of nitrogens with zero attached hydrogens (tertiary/aromatic N) is 1. The molecule has 2 rings (SSSR count). The van der Waals surface area contributed by atoms with E-state index in [2.05, 4.69) is 5.32 Å². The number of para-hydroxylation sites is 1. The minimum absolute atomic E-state index is 0.232. The first-order chi connectivity index (χ1) is 7.29. The van der Waals surface area contributed by atoms with Gasteiger partial charge < -0.3 is 10.2 Å². The Hall–Kier alpha value is -0.800. The third kappa shape index (κ3) is 2.41. The number of anilines is 1. The fourth-order valence-electron chi connectivity index (χ4n) is 1.86. The fraction of sp³-hybridized carbons (Fsp3) is 0.455. The highest BCUT2D eigenvalue weighted by Gasteiger charge is 2.16. The Bertz CT molecular complexity index is 315. The first-order valence-corrected chi connectivity index (χ1v) is 5.56. The summed E-state index contributed by atoms with van der Waals surface area (Å²) in [6.07, 6.45) is 1.02. The largest absolute Gasteiger partial charge is 0.367 e. The SMILES string of the molecule is Fc1cccc(Cl)c1N1CCCNCC1. The molecule has 1 N–H and O–H groups in total. The Labute approximate surface area is 94.0 Å². The molecule has 82 valence electrons. The maximum absolute atomic E-state index is 13.6. The van der Waals surface area contributed by atoms with E-state index in [4.69, 9.17) is 11.6 Å². The van der Waals surface area contributed by atoms with Gasteiger partial charge in [0.25, 0.3) is 0 Å². The first-order valence-electron chi connectivity index (χ1n) is 5.19. The van der Waals surface area contributed by atoms with Crippen LogP contribution in [0.4, 0.5) is 10.1 Å². The molecule has 15 heavy (non-hydrogen) atoms. The Morgan fingerprint density at radius 3 is 2.93 bits per heavy atom. The molecule has 0 aromatic heterocycles. The molecule has 0 spiro atoms. The number of hydrogen-bond donors (Lipinski definition) is 1. The molecule has 1 heterocycles. The van der Waals surface area contributed by atoms with E-state index in [1.54, 1.807) is 12.1 Å². The van der Waals surface area contributed by atoms with Gasteiger partial charge in [-0.25, -0.2) is 4.39 Å². The van der Waals surface area contributed by atoms with Gasteiger partial charge >= 0.3 is 0 Å². The summed E-state index contributed by atoms with van der Waals surface area (Å²) < 4.78 is 13.6. The van der Waals surface area contributed by atoms with Crippen molar-refractivity contribution in [2.75, 3.05) is 31.1 Å². The molecule has 0 bridgehead atoms. The minimum Gasteiger partial charge on any atom is -0.367 e. The molecule has 1 aromatic rings. The Morgan fingerprint density at radius 2 is 2.13 bits per heavy atom. The lowest BCUT2D eigenvalue weighted by atomic mass is 10.2. The molecule has 0 saturated carbocycles. The third-order valence-corrected chi connectivity index (χ3v) is 2.90. The molecule has 0 unspecified atom stereocenters. The number of benzene rings is 1. The summed E-state index contributed by atoms with van der Waals surface area (Å²) in [5.74, 6) is -0.232. The Morgan fingerprint density at radius 1 is 1.27 bits per heavy atom. The fourth-order valence-corrected chi connectivity index (χ4v) is 2.14. The molecule has 1 saturated heterocycles. The number of rotatable bonds is 1. The zero-order valence-electron chi connectivity index (χ0n) is 8.47. The van der Waals surface area contributed by atoms with Gasteiger partial charge in [-0.15, -0.1) is 0 Å². The average molecular weight is 229 g/mol. The van der Waals surface area contributed by atoms with Crippen LogP contribution in [0.15, 0.2) is 18.2 Å². The van der Waals surface area contributed by atoms with Gasteiger partial charge in [0.15, 0.2) is 0 Å². The molecule has 0 aliphatic carbocycles. The van der Waals surface area contributed by atoms with Gasteiger partial charge in [0.05, 0.1) is 10.7 Å². The van der Waals surface area contributed by atoms with Crippen molar-refractivity contribution in [2.24, 2.45) is 0 Å². The van der Waals surface area contributed by atoms with Crippen molar-refractivity contribution in [1.29, 1.82) is 0 Å². The maximum atomic E-state index is 13.6. The van der Waals surface area contributed by atoms with Crippen LogP contribution in [0.2, 0.25) is 5.02 Å². The quantitative estimate of drug-likeness (QED) is 0.794. The second kappa shape index (κ2) is 4.81. The van der Waals surface area contributed by atoms with Gasteiger partial charge in [0, 0.05) is 19.6 Å². The van der Waals surface area contributed by atoms with Crippen molar-refractivity contribution in [3.63, 3.8) is 0 Å². The van der Waals surface area contributed by atoms with Crippen molar-refractivity contribution >= 4 is 17.3 Å². The summed E-state index contributed by atoms with van der Waals surface area (Å²) in [6, 6.07) is 4.83. The predicted octanol–water partition coefficient (Wildman–Crippen LogP) is 2.28. The van der Waals surface area contributed by atoms with Crippen LogP contribution in [0.25, 0.3) is 0 Å². The molecular formula is C11H14ClFN2. The van der Waals surface area contributed by atoms with E-state index in [1.165, 1.54) is 6.07 Å². The van der Waals surface area contributed by atoms with Crippen molar-refractivity contribution in [2.45, 2.75) is 6.42 Å². The van der Waals surface area contributed by atoms with Crippen LogP contribution in [0.3, 0.4) is 0 Å². The third-order valence-electron chi connectivity index (χ3n) is 2.59. The minimum atomic E-state index is -0.232. The molecule has 1 fully saturated rings. The van der Waals surface area contributed by atoms with Gasteiger partial charge in [-0.2, -0.15) is 0 Å². The van der Waals surface area contributed by atoms with Gasteiger partial charge in [-0.1, -0.05) is 17.7 Å². The van der Waals surface area contributed by atoms with Crippen LogP contribution in [0.5, 0.6) is 0 Å². The molecule has 0 radical (unpaired) electrons. The standard InChI is InChI=1S/C11H14ClFN2/c12-9-3-1-4-10(13)11(9)15-7-2-5-14-6-8-15/h1,3-4,14H,2,5-8H2. The van der Waals surface area contributed by atoms with Gasteiger partial charge in [-0.3, -0.25) is 0 Å². The van der Waals surface area contributed by atoms with Crippen LogP contribution >= 0.6 is 11.6 Å². The second-order valence-electron chi connectivity index (χ2n) is 3.66. The second-order valence-corrected chi connectivity index (χ2v) is 4.07. The molecular weight excluding hydrogens is 215 g/mol. The summed E-state index contributed by atoms with van der Waals surface area (Å²) in [4.78, 5) is 2.01. The number of halogens is 2. The average Bonchev–Trinajstić information content (AvgIpc) is 2.46. The van der Waals surface area contributed by atoms with E-state index in [0.717, 1.165) is 32.6 Å². The van der Waals surface area contributed by atoms with Crippen LogP contribution in [0, 0.1) is 5.82 Å². The highest BCUT2D eigenvalue weighted by atomic mass is 35.5. The van der Waals surface area contributed by atoms with Gasteiger partial charge in [0.2, 0.25) is 0 Å². The predicted molar refractivity (Wildman–Crippen MR) is 61.1 cm³/mol. The Kier molecular flexibility index (Phi) is 3.44. The summed E-state index contributed by atoms with van der Waals surface area (Å²) in [5, 5.41) is 3.78. The zero-order valence-corrected chi connectivity index (χ0v) is 9.23. The zero-order chi connectivity index (χ0) is 10.7. The van der Waals surface area contributed by atoms with E-state index in [-0.39, 0.29) is 5.82 Å². The molecule has 2 nitrogen and oxygen atoms in total. The highest BCUT2D eigenvalue weighted by Crippen LogP contribution is 2.28. The van der Waals surface area contributed by atoms with Crippen LogP contribution < -0.4 is 10.2 Å².